The molecule has 2 heterocycles. The first kappa shape index (κ1) is 10.9. The molecule has 0 saturated carbocycles. The number of ether oxygens (including phenoxy) is 1. The van der Waals surface area contributed by atoms with Crippen LogP contribution in [0.4, 0.5) is 0 Å². The SMILES string of the molecule is CCOC(=O)c1c(C)oc2ncnc(Cl)c12. The van der Waals surface area contributed by atoms with E-state index in [1.807, 2.05) is 0 Å². The van der Waals surface area contributed by atoms with Crippen LogP contribution < -0.4 is 0 Å². The molecule has 5 nitrogen and oxygen atoms in total. The minimum atomic E-state index is -0.476. The molecule has 0 amide bonds. The number of rotatable bonds is 2. The van der Waals surface area contributed by atoms with Crippen LogP contribution in [0, 0.1) is 6.92 Å². The van der Waals surface area contributed by atoms with E-state index >= 15 is 0 Å². The summed E-state index contributed by atoms with van der Waals surface area (Å²) in [6.45, 7) is 3.67. The van der Waals surface area contributed by atoms with Crippen molar-refractivity contribution in [3.05, 3.63) is 22.8 Å². The number of halogens is 1. The molecule has 0 aliphatic rings. The number of hydrogen-bond donors (Lipinski definition) is 0. The van der Waals surface area contributed by atoms with Gasteiger partial charge >= 0.3 is 5.97 Å². The van der Waals surface area contributed by atoms with Crippen molar-refractivity contribution in [3.63, 3.8) is 0 Å². The summed E-state index contributed by atoms with van der Waals surface area (Å²) >= 11 is 5.90. The van der Waals surface area contributed by atoms with E-state index in [4.69, 9.17) is 20.8 Å². The van der Waals surface area contributed by atoms with E-state index in [9.17, 15) is 4.79 Å². The van der Waals surface area contributed by atoms with Gasteiger partial charge in [0.05, 0.1) is 12.0 Å². The van der Waals surface area contributed by atoms with E-state index in [1.54, 1.807) is 13.8 Å². The van der Waals surface area contributed by atoms with Crippen molar-refractivity contribution >= 4 is 28.7 Å². The van der Waals surface area contributed by atoms with Gasteiger partial charge in [-0.2, -0.15) is 0 Å². The summed E-state index contributed by atoms with van der Waals surface area (Å²) in [4.78, 5) is 19.4. The molecule has 0 radical (unpaired) electrons. The minimum absolute atomic E-state index is 0.185. The minimum Gasteiger partial charge on any atom is -0.462 e. The third-order valence-corrected chi connectivity index (χ3v) is 2.38. The predicted octanol–water partition coefficient (Wildman–Crippen LogP) is 2.36. The molecule has 0 saturated heterocycles. The zero-order valence-electron chi connectivity index (χ0n) is 8.78. The summed E-state index contributed by atoms with van der Waals surface area (Å²) < 4.78 is 10.2. The van der Waals surface area contributed by atoms with Crippen LogP contribution in [0.3, 0.4) is 0 Å². The van der Waals surface area contributed by atoms with Crippen molar-refractivity contribution in [2.75, 3.05) is 6.61 Å². The zero-order valence-corrected chi connectivity index (χ0v) is 9.54. The molecule has 0 aliphatic heterocycles. The van der Waals surface area contributed by atoms with E-state index in [2.05, 4.69) is 9.97 Å². The van der Waals surface area contributed by atoms with Crippen LogP contribution in [0.1, 0.15) is 23.0 Å². The average Bonchev–Trinajstić information content (AvgIpc) is 2.56. The maximum atomic E-state index is 11.7. The van der Waals surface area contributed by atoms with Crippen LogP contribution in [-0.4, -0.2) is 22.5 Å². The van der Waals surface area contributed by atoms with Gasteiger partial charge in [-0.05, 0) is 13.8 Å². The highest BCUT2D eigenvalue weighted by Gasteiger charge is 2.22. The number of hydrogen-bond acceptors (Lipinski definition) is 5. The smallest absolute Gasteiger partial charge is 0.342 e. The molecule has 0 aliphatic carbocycles. The lowest BCUT2D eigenvalue weighted by molar-refractivity contribution is 0.0526. The van der Waals surface area contributed by atoms with Crippen LogP contribution in [0.5, 0.6) is 0 Å². The lowest BCUT2D eigenvalue weighted by Crippen LogP contribution is -2.05. The monoisotopic (exact) mass is 240 g/mol. The van der Waals surface area contributed by atoms with Crippen molar-refractivity contribution in [2.45, 2.75) is 13.8 Å². The van der Waals surface area contributed by atoms with Crippen molar-refractivity contribution < 1.29 is 13.9 Å². The summed E-state index contributed by atoms with van der Waals surface area (Å²) in [7, 11) is 0. The van der Waals surface area contributed by atoms with E-state index in [0.717, 1.165) is 0 Å². The third-order valence-electron chi connectivity index (χ3n) is 2.10. The van der Waals surface area contributed by atoms with Gasteiger partial charge in [-0.3, -0.25) is 0 Å². The highest BCUT2D eigenvalue weighted by Crippen LogP contribution is 2.29. The molecule has 0 N–H and O–H groups in total. The quantitative estimate of drug-likeness (QED) is 0.596. The van der Waals surface area contributed by atoms with E-state index in [0.29, 0.717) is 22.4 Å². The highest BCUT2D eigenvalue weighted by molar-refractivity contribution is 6.35. The Morgan fingerprint density at radius 2 is 2.31 bits per heavy atom. The van der Waals surface area contributed by atoms with E-state index in [1.165, 1.54) is 6.33 Å². The molecule has 2 aromatic rings. The number of aryl methyl sites for hydroxylation is 1. The Hall–Kier alpha value is -1.62. The van der Waals surface area contributed by atoms with Gasteiger partial charge in [-0.25, -0.2) is 14.8 Å². The van der Waals surface area contributed by atoms with Crippen LogP contribution in [0.2, 0.25) is 5.15 Å². The fourth-order valence-corrected chi connectivity index (χ4v) is 1.68. The fraction of sp³-hybridized carbons (Fsp3) is 0.300. The van der Waals surface area contributed by atoms with E-state index < -0.39 is 5.97 Å². The van der Waals surface area contributed by atoms with Gasteiger partial charge in [0, 0.05) is 0 Å². The summed E-state index contributed by atoms with van der Waals surface area (Å²) in [6.07, 6.45) is 1.28. The number of aromatic nitrogens is 2. The lowest BCUT2D eigenvalue weighted by atomic mass is 10.2. The number of carbonyl (C=O) groups is 1. The van der Waals surface area contributed by atoms with Gasteiger partial charge in [0.1, 0.15) is 22.8 Å². The largest absolute Gasteiger partial charge is 0.462 e. The molecule has 0 unspecified atom stereocenters. The van der Waals surface area contributed by atoms with Crippen LogP contribution >= 0.6 is 11.6 Å². The van der Waals surface area contributed by atoms with Gasteiger partial charge in [-0.15, -0.1) is 0 Å². The zero-order chi connectivity index (χ0) is 11.7. The molecule has 0 spiro atoms. The molecule has 0 atom stereocenters. The van der Waals surface area contributed by atoms with Gasteiger partial charge in [0.15, 0.2) is 0 Å². The van der Waals surface area contributed by atoms with Crippen molar-refractivity contribution in [1.82, 2.24) is 9.97 Å². The first-order valence-electron chi connectivity index (χ1n) is 4.71. The van der Waals surface area contributed by atoms with Crippen molar-refractivity contribution in [1.29, 1.82) is 0 Å². The topological polar surface area (TPSA) is 65.2 Å². The molecule has 0 aromatic carbocycles. The van der Waals surface area contributed by atoms with E-state index in [-0.39, 0.29) is 11.8 Å². The van der Waals surface area contributed by atoms with Crippen molar-refractivity contribution in [2.24, 2.45) is 0 Å². The number of carbonyl (C=O) groups excluding carboxylic acids is 1. The average molecular weight is 241 g/mol. The highest BCUT2D eigenvalue weighted by atomic mass is 35.5. The third kappa shape index (κ3) is 1.63. The van der Waals surface area contributed by atoms with Crippen molar-refractivity contribution in [3.8, 4) is 0 Å². The number of furan rings is 1. The Bertz CT molecular complexity index is 550. The summed E-state index contributed by atoms with van der Waals surface area (Å²) in [5.74, 6) is -0.0497. The molecule has 0 bridgehead atoms. The van der Waals surface area contributed by atoms with Gasteiger partial charge in [0.25, 0.3) is 0 Å². The van der Waals surface area contributed by atoms with Gasteiger partial charge in [0.2, 0.25) is 5.71 Å². The Morgan fingerprint density at radius 3 is 3.00 bits per heavy atom. The summed E-state index contributed by atoms with van der Waals surface area (Å²) in [6, 6.07) is 0. The number of esters is 1. The van der Waals surface area contributed by atoms with Crippen LogP contribution in [0.15, 0.2) is 10.7 Å². The maximum Gasteiger partial charge on any atom is 0.342 e. The molecule has 2 rings (SSSR count). The second-order valence-electron chi connectivity index (χ2n) is 3.10. The lowest BCUT2D eigenvalue weighted by Gasteiger charge is -2.00. The molecule has 6 heteroatoms. The predicted molar refractivity (Wildman–Crippen MR) is 57.5 cm³/mol. The Labute approximate surface area is 96.4 Å². The fourth-order valence-electron chi connectivity index (χ4n) is 1.46. The first-order valence-corrected chi connectivity index (χ1v) is 5.09. The maximum absolute atomic E-state index is 11.7. The molecule has 84 valence electrons. The Kier molecular flexibility index (Phi) is 2.78. The Balaban J connectivity index is 2.68. The molecule has 16 heavy (non-hydrogen) atoms. The second-order valence-corrected chi connectivity index (χ2v) is 3.46. The molecular weight excluding hydrogens is 232 g/mol. The Morgan fingerprint density at radius 1 is 1.56 bits per heavy atom. The molecule has 0 fully saturated rings. The molecule has 2 aromatic heterocycles. The normalized spacial score (nSPS) is 10.7. The van der Waals surface area contributed by atoms with Crippen LogP contribution in [0.25, 0.3) is 11.1 Å². The molecular formula is C10H9ClN2O3. The summed E-state index contributed by atoms with van der Waals surface area (Å²) in [5, 5.41) is 0.588. The van der Waals surface area contributed by atoms with Gasteiger partial charge in [-0.1, -0.05) is 11.6 Å². The standard InChI is InChI=1S/C10H9ClN2O3/c1-3-15-10(14)6-5(2)16-9-7(6)8(11)12-4-13-9/h4H,3H2,1-2H3. The number of fused-ring (bicyclic) bond motifs is 1. The second kappa shape index (κ2) is 4.09. The first-order chi connectivity index (χ1) is 7.65. The number of nitrogens with zero attached hydrogens (tertiary/aromatic N) is 2. The van der Waals surface area contributed by atoms with Gasteiger partial charge < -0.3 is 9.15 Å². The van der Waals surface area contributed by atoms with Crippen LogP contribution in [-0.2, 0) is 4.74 Å². The summed E-state index contributed by atoms with van der Waals surface area (Å²) in [5.41, 5.74) is 0.586.